The normalized spacial score (nSPS) is 11.8. The second-order valence-corrected chi connectivity index (χ2v) is 4.78. The maximum absolute atomic E-state index is 12.1. The number of carbonyl (C=O) groups excluding carboxylic acids is 2. The molecule has 0 spiro atoms. The van der Waals surface area contributed by atoms with Gasteiger partial charge in [0, 0.05) is 18.0 Å². The summed E-state index contributed by atoms with van der Waals surface area (Å²) in [6, 6.07) is 7.91. The number of amides is 2. The van der Waals surface area contributed by atoms with Crippen LogP contribution >= 0.6 is 0 Å². The first-order valence-corrected chi connectivity index (χ1v) is 6.64. The number of hydrogen-bond acceptors (Lipinski definition) is 4. The highest BCUT2D eigenvalue weighted by Crippen LogP contribution is 2.13. The number of hydrogen-bond donors (Lipinski definition) is 3. The van der Waals surface area contributed by atoms with Crippen molar-refractivity contribution in [2.75, 3.05) is 0 Å². The molecule has 1 heterocycles. The highest BCUT2D eigenvalue weighted by Gasteiger charge is 2.20. The summed E-state index contributed by atoms with van der Waals surface area (Å²) in [5, 5.41) is 11.9. The summed E-state index contributed by atoms with van der Waals surface area (Å²) in [7, 11) is 0. The smallest absolute Gasteiger partial charge is 0.303 e. The van der Waals surface area contributed by atoms with Gasteiger partial charge in [0.1, 0.15) is 6.04 Å². The van der Waals surface area contributed by atoms with Crippen LogP contribution in [0, 0.1) is 0 Å². The monoisotopic (exact) mass is 301 g/mol. The molecule has 1 atom stereocenters. The number of nitrogens with one attached hydrogen (secondary N) is 1. The van der Waals surface area contributed by atoms with Crippen molar-refractivity contribution in [3.05, 3.63) is 42.1 Å². The van der Waals surface area contributed by atoms with Crippen molar-refractivity contribution in [3.63, 3.8) is 0 Å². The lowest BCUT2D eigenvalue weighted by molar-refractivity contribution is -0.137. The van der Waals surface area contributed by atoms with Gasteiger partial charge in [0.15, 0.2) is 0 Å². The van der Waals surface area contributed by atoms with Crippen molar-refractivity contribution in [2.45, 2.75) is 18.9 Å². The molecule has 0 saturated heterocycles. The molecule has 0 aliphatic heterocycles. The molecule has 4 N–H and O–H groups in total. The third-order valence-electron chi connectivity index (χ3n) is 3.15. The summed E-state index contributed by atoms with van der Waals surface area (Å²) < 4.78 is 0. The van der Waals surface area contributed by atoms with Crippen LogP contribution in [0.15, 0.2) is 36.5 Å². The summed E-state index contributed by atoms with van der Waals surface area (Å²) in [6.07, 6.45) is 1.08. The van der Waals surface area contributed by atoms with Gasteiger partial charge < -0.3 is 16.2 Å². The first-order chi connectivity index (χ1) is 10.5. The zero-order chi connectivity index (χ0) is 16.1. The minimum atomic E-state index is -1.06. The molecule has 0 unspecified atom stereocenters. The Morgan fingerprint density at radius 2 is 2.00 bits per heavy atom. The lowest BCUT2D eigenvalue weighted by atomic mass is 10.1. The Balaban J connectivity index is 2.14. The van der Waals surface area contributed by atoms with Gasteiger partial charge in [0.2, 0.25) is 5.91 Å². The second kappa shape index (κ2) is 6.66. The number of aliphatic carboxylic acids is 1. The van der Waals surface area contributed by atoms with Gasteiger partial charge in [-0.05, 0) is 18.6 Å². The number of fused-ring (bicyclic) bond motifs is 1. The topological polar surface area (TPSA) is 122 Å². The molecule has 0 saturated carbocycles. The van der Waals surface area contributed by atoms with E-state index in [1.54, 1.807) is 6.07 Å². The van der Waals surface area contributed by atoms with E-state index in [1.165, 1.54) is 6.20 Å². The molecule has 22 heavy (non-hydrogen) atoms. The Morgan fingerprint density at radius 3 is 2.68 bits per heavy atom. The Morgan fingerprint density at radius 1 is 1.27 bits per heavy atom. The van der Waals surface area contributed by atoms with Crippen LogP contribution in [0.1, 0.15) is 23.2 Å². The molecule has 0 fully saturated rings. The number of primary amides is 1. The summed E-state index contributed by atoms with van der Waals surface area (Å²) in [5.41, 5.74) is 6.20. The van der Waals surface area contributed by atoms with Crippen molar-refractivity contribution in [3.8, 4) is 0 Å². The van der Waals surface area contributed by atoms with E-state index in [2.05, 4.69) is 10.3 Å². The summed E-state index contributed by atoms with van der Waals surface area (Å²) in [5.74, 6) is -2.36. The molecule has 2 amide bonds. The van der Waals surface area contributed by atoms with E-state index in [0.29, 0.717) is 0 Å². The van der Waals surface area contributed by atoms with Crippen LogP contribution in [0.5, 0.6) is 0 Å². The molecule has 0 radical (unpaired) electrons. The fraction of sp³-hybridized carbons (Fsp3) is 0.200. The number of carbonyl (C=O) groups is 3. The number of nitrogens with zero attached hydrogens (tertiary/aromatic N) is 1. The molecule has 7 heteroatoms. The van der Waals surface area contributed by atoms with Gasteiger partial charge >= 0.3 is 5.97 Å². The average Bonchev–Trinajstić information content (AvgIpc) is 2.50. The number of rotatable bonds is 6. The highest BCUT2D eigenvalue weighted by atomic mass is 16.4. The Labute approximate surface area is 126 Å². The van der Waals surface area contributed by atoms with Crippen LogP contribution in [0.2, 0.25) is 0 Å². The van der Waals surface area contributed by atoms with E-state index in [0.717, 1.165) is 10.9 Å². The third kappa shape index (κ3) is 3.78. The van der Waals surface area contributed by atoms with Crippen LogP contribution in [0.25, 0.3) is 10.9 Å². The van der Waals surface area contributed by atoms with Crippen molar-refractivity contribution >= 4 is 28.7 Å². The Bertz CT molecular complexity index is 730. The summed E-state index contributed by atoms with van der Waals surface area (Å²) >= 11 is 0. The van der Waals surface area contributed by atoms with Crippen LogP contribution in [-0.2, 0) is 9.59 Å². The van der Waals surface area contributed by atoms with Crippen molar-refractivity contribution in [1.29, 1.82) is 0 Å². The highest BCUT2D eigenvalue weighted by molar-refractivity contribution is 5.99. The fourth-order valence-corrected chi connectivity index (χ4v) is 1.99. The molecule has 2 rings (SSSR count). The van der Waals surface area contributed by atoms with Gasteiger partial charge in [0.05, 0.1) is 11.1 Å². The van der Waals surface area contributed by atoms with Crippen molar-refractivity contribution in [1.82, 2.24) is 10.3 Å². The number of aromatic nitrogens is 1. The molecule has 0 aliphatic carbocycles. The number of carboxylic acids is 1. The van der Waals surface area contributed by atoms with Crippen LogP contribution in [0.4, 0.5) is 0 Å². The first-order valence-electron chi connectivity index (χ1n) is 6.64. The van der Waals surface area contributed by atoms with Gasteiger partial charge in [-0.15, -0.1) is 0 Å². The van der Waals surface area contributed by atoms with E-state index >= 15 is 0 Å². The standard InChI is InChI=1S/C15H15N3O4/c16-14(21)12(5-6-13(19)20)18-15(22)10-7-9-3-1-2-4-11(9)17-8-10/h1-4,7-8,12H,5-6H2,(H2,16,21)(H,18,22)(H,19,20)/t12-/m0/s1. The van der Waals surface area contributed by atoms with E-state index in [-0.39, 0.29) is 18.4 Å². The SMILES string of the molecule is NC(=O)[C@H](CCC(=O)O)NC(=O)c1cnc2ccccc2c1. The van der Waals surface area contributed by atoms with Gasteiger partial charge in [-0.2, -0.15) is 0 Å². The Kier molecular flexibility index (Phi) is 4.67. The molecule has 1 aromatic carbocycles. The van der Waals surface area contributed by atoms with Gasteiger partial charge in [-0.25, -0.2) is 0 Å². The van der Waals surface area contributed by atoms with E-state index in [9.17, 15) is 14.4 Å². The number of nitrogens with two attached hydrogens (primary N) is 1. The zero-order valence-electron chi connectivity index (χ0n) is 11.7. The number of benzene rings is 1. The molecule has 0 aliphatic rings. The molecule has 0 bridgehead atoms. The van der Waals surface area contributed by atoms with Crippen LogP contribution in [0.3, 0.4) is 0 Å². The summed E-state index contributed by atoms with van der Waals surface area (Å²) in [6.45, 7) is 0. The molecule has 114 valence electrons. The number of pyridine rings is 1. The second-order valence-electron chi connectivity index (χ2n) is 4.78. The van der Waals surface area contributed by atoms with E-state index in [1.807, 2.05) is 24.3 Å². The van der Waals surface area contributed by atoms with E-state index in [4.69, 9.17) is 10.8 Å². The lowest BCUT2D eigenvalue weighted by Gasteiger charge is -2.14. The average molecular weight is 301 g/mol. The molecular formula is C15H15N3O4. The zero-order valence-corrected chi connectivity index (χ0v) is 11.7. The number of para-hydroxylation sites is 1. The minimum Gasteiger partial charge on any atom is -0.481 e. The van der Waals surface area contributed by atoms with Crippen molar-refractivity contribution < 1.29 is 19.5 Å². The fourth-order valence-electron chi connectivity index (χ4n) is 1.99. The quantitative estimate of drug-likeness (QED) is 0.724. The molecule has 7 nitrogen and oxygen atoms in total. The molecule has 1 aromatic heterocycles. The third-order valence-corrected chi connectivity index (χ3v) is 3.15. The predicted molar refractivity (Wildman–Crippen MR) is 79.1 cm³/mol. The van der Waals surface area contributed by atoms with Crippen LogP contribution < -0.4 is 11.1 Å². The maximum Gasteiger partial charge on any atom is 0.303 e. The maximum atomic E-state index is 12.1. The van der Waals surface area contributed by atoms with E-state index < -0.39 is 23.8 Å². The molecular weight excluding hydrogens is 286 g/mol. The predicted octanol–water partition coefficient (Wildman–Crippen LogP) is 0.683. The lowest BCUT2D eigenvalue weighted by Crippen LogP contribution is -2.44. The van der Waals surface area contributed by atoms with Gasteiger partial charge in [-0.3, -0.25) is 19.4 Å². The van der Waals surface area contributed by atoms with Gasteiger partial charge in [-0.1, -0.05) is 18.2 Å². The first kappa shape index (κ1) is 15.4. The largest absolute Gasteiger partial charge is 0.481 e. The molecule has 2 aromatic rings. The van der Waals surface area contributed by atoms with Gasteiger partial charge in [0.25, 0.3) is 5.91 Å². The Hall–Kier alpha value is -2.96. The van der Waals surface area contributed by atoms with Crippen LogP contribution in [-0.4, -0.2) is 33.9 Å². The number of carboxylic acid groups (broad SMARTS) is 1. The minimum absolute atomic E-state index is 0.0581. The summed E-state index contributed by atoms with van der Waals surface area (Å²) in [4.78, 5) is 38.1. The van der Waals surface area contributed by atoms with Crippen molar-refractivity contribution in [2.24, 2.45) is 5.73 Å².